The van der Waals surface area contributed by atoms with E-state index in [1.807, 2.05) is 19.1 Å². The van der Waals surface area contributed by atoms with Gasteiger partial charge in [-0.15, -0.1) is 0 Å². The van der Waals surface area contributed by atoms with Crippen molar-refractivity contribution in [2.24, 2.45) is 0 Å². The molecule has 0 atom stereocenters. The molecule has 3 amide bonds. The SMILES string of the molecule is CC1=CC(C)(C)N(C)c2cc(C)c(/C=C3/NC(=O)N(Cc4ccc(Cl)cc4)C3=O)cc21. The molecule has 2 aromatic rings. The van der Waals surface area contributed by atoms with E-state index in [4.69, 9.17) is 11.6 Å². The molecule has 5 nitrogen and oxygen atoms in total. The molecule has 160 valence electrons. The van der Waals surface area contributed by atoms with Gasteiger partial charge in [-0.1, -0.05) is 29.8 Å². The molecule has 1 N–H and O–H groups in total. The first-order chi connectivity index (χ1) is 14.6. The van der Waals surface area contributed by atoms with Crippen LogP contribution in [0.5, 0.6) is 0 Å². The number of rotatable bonds is 3. The van der Waals surface area contributed by atoms with Gasteiger partial charge in [-0.3, -0.25) is 9.69 Å². The predicted molar refractivity (Wildman–Crippen MR) is 126 cm³/mol. The number of nitrogens with zero attached hydrogens (tertiary/aromatic N) is 2. The molecule has 2 aliphatic rings. The quantitative estimate of drug-likeness (QED) is 0.520. The van der Waals surface area contributed by atoms with Gasteiger partial charge in [0.1, 0.15) is 5.70 Å². The first kappa shape index (κ1) is 21.2. The summed E-state index contributed by atoms with van der Waals surface area (Å²) in [6.45, 7) is 8.70. The van der Waals surface area contributed by atoms with Crippen molar-refractivity contribution in [3.63, 3.8) is 0 Å². The van der Waals surface area contributed by atoms with E-state index in [0.717, 1.165) is 27.9 Å². The van der Waals surface area contributed by atoms with Crippen molar-refractivity contribution >= 4 is 40.9 Å². The second kappa shape index (κ2) is 7.57. The number of imide groups is 1. The van der Waals surface area contributed by atoms with E-state index in [1.165, 1.54) is 10.5 Å². The molecule has 0 aliphatic carbocycles. The molecule has 1 fully saturated rings. The summed E-state index contributed by atoms with van der Waals surface area (Å²) in [5.74, 6) is -0.331. The minimum atomic E-state index is -0.417. The van der Waals surface area contributed by atoms with Crippen LogP contribution in [0.3, 0.4) is 0 Å². The number of amides is 3. The fourth-order valence-electron chi connectivity index (χ4n) is 4.12. The summed E-state index contributed by atoms with van der Waals surface area (Å²) in [5, 5.41) is 3.34. The summed E-state index contributed by atoms with van der Waals surface area (Å²) < 4.78 is 0. The van der Waals surface area contributed by atoms with Gasteiger partial charge >= 0.3 is 6.03 Å². The Balaban J connectivity index is 1.65. The van der Waals surface area contributed by atoms with Crippen LogP contribution in [0, 0.1) is 6.92 Å². The smallest absolute Gasteiger partial charge is 0.329 e. The summed E-state index contributed by atoms with van der Waals surface area (Å²) in [6.07, 6.45) is 4.02. The fourth-order valence-corrected chi connectivity index (χ4v) is 4.24. The lowest BCUT2D eigenvalue weighted by Crippen LogP contribution is -2.42. The van der Waals surface area contributed by atoms with Crippen LogP contribution in [0.15, 0.2) is 48.2 Å². The number of carbonyl (C=O) groups is 2. The van der Waals surface area contributed by atoms with Gasteiger partial charge in [0.2, 0.25) is 0 Å². The Bertz CT molecular complexity index is 1150. The number of halogens is 1. The lowest BCUT2D eigenvalue weighted by Gasteiger charge is -2.41. The number of likely N-dealkylation sites (N-methyl/N-ethyl adjacent to an activating group) is 1. The number of hydrogen-bond acceptors (Lipinski definition) is 3. The molecule has 6 heteroatoms. The highest BCUT2D eigenvalue weighted by Crippen LogP contribution is 2.39. The Morgan fingerprint density at radius 3 is 2.45 bits per heavy atom. The standard InChI is InChI=1S/C25H26ClN3O2/c1-15-10-22-20(16(2)13-25(3,4)28(22)5)11-18(15)12-21-23(30)29(24(31)27-21)14-17-6-8-19(26)9-7-17/h6-13H,14H2,1-5H3,(H,27,31)/b21-12+. The second-order valence-electron chi connectivity index (χ2n) is 8.77. The average Bonchev–Trinajstić information content (AvgIpc) is 2.96. The number of aryl methyl sites for hydroxylation is 1. The molecule has 0 aromatic heterocycles. The number of benzene rings is 2. The van der Waals surface area contributed by atoms with Gasteiger partial charge in [-0.05, 0) is 80.3 Å². The van der Waals surface area contributed by atoms with E-state index in [0.29, 0.717) is 5.02 Å². The zero-order chi connectivity index (χ0) is 22.5. The lowest BCUT2D eigenvalue weighted by atomic mass is 9.87. The largest absolute Gasteiger partial charge is 0.365 e. The van der Waals surface area contributed by atoms with E-state index < -0.39 is 6.03 Å². The highest BCUT2D eigenvalue weighted by atomic mass is 35.5. The van der Waals surface area contributed by atoms with Gasteiger partial charge in [-0.25, -0.2) is 4.79 Å². The van der Waals surface area contributed by atoms with Crippen LogP contribution in [0.1, 0.15) is 43.0 Å². The Kier molecular flexibility index (Phi) is 5.18. The summed E-state index contributed by atoms with van der Waals surface area (Å²) in [7, 11) is 2.09. The Hall–Kier alpha value is -3.05. The van der Waals surface area contributed by atoms with Crippen molar-refractivity contribution in [2.75, 3.05) is 11.9 Å². The van der Waals surface area contributed by atoms with Gasteiger partial charge in [0.15, 0.2) is 0 Å². The summed E-state index contributed by atoms with van der Waals surface area (Å²) >= 11 is 5.92. The van der Waals surface area contributed by atoms with E-state index in [-0.39, 0.29) is 23.7 Å². The molecular formula is C25H26ClN3O2. The number of urea groups is 1. The third-order valence-electron chi connectivity index (χ3n) is 6.12. The molecule has 0 radical (unpaired) electrons. The minimum Gasteiger partial charge on any atom is -0.365 e. The van der Waals surface area contributed by atoms with Crippen LogP contribution in [-0.2, 0) is 11.3 Å². The second-order valence-corrected chi connectivity index (χ2v) is 9.21. The lowest BCUT2D eigenvalue weighted by molar-refractivity contribution is -0.123. The zero-order valence-corrected chi connectivity index (χ0v) is 19.2. The van der Waals surface area contributed by atoms with Crippen molar-refractivity contribution < 1.29 is 9.59 Å². The maximum atomic E-state index is 12.9. The number of anilines is 1. The first-order valence-electron chi connectivity index (χ1n) is 10.2. The van der Waals surface area contributed by atoms with Crippen LogP contribution in [0.25, 0.3) is 11.6 Å². The maximum Gasteiger partial charge on any atom is 0.329 e. The van der Waals surface area contributed by atoms with Crippen molar-refractivity contribution in [2.45, 2.75) is 39.8 Å². The molecule has 0 spiro atoms. The van der Waals surface area contributed by atoms with Crippen LogP contribution in [0.2, 0.25) is 5.02 Å². The number of allylic oxidation sites excluding steroid dienone is 1. The molecule has 2 aliphatic heterocycles. The van der Waals surface area contributed by atoms with Gasteiger partial charge < -0.3 is 10.2 Å². The zero-order valence-electron chi connectivity index (χ0n) is 18.4. The highest BCUT2D eigenvalue weighted by molar-refractivity contribution is 6.30. The van der Waals surface area contributed by atoms with Crippen LogP contribution in [0.4, 0.5) is 10.5 Å². The van der Waals surface area contributed by atoms with E-state index in [1.54, 1.807) is 18.2 Å². The highest BCUT2D eigenvalue weighted by Gasteiger charge is 2.34. The molecule has 0 saturated carbocycles. The fraction of sp³-hybridized carbons (Fsp3) is 0.280. The Labute approximate surface area is 188 Å². The van der Waals surface area contributed by atoms with Crippen molar-refractivity contribution in [1.29, 1.82) is 0 Å². The molecule has 4 rings (SSSR count). The molecule has 0 unspecified atom stereocenters. The van der Waals surface area contributed by atoms with E-state index >= 15 is 0 Å². The number of hydrogen-bond donors (Lipinski definition) is 1. The monoisotopic (exact) mass is 435 g/mol. The van der Waals surface area contributed by atoms with Gasteiger partial charge in [-0.2, -0.15) is 0 Å². The summed E-state index contributed by atoms with van der Waals surface area (Å²) in [5.41, 5.74) is 6.51. The maximum absolute atomic E-state index is 12.9. The third kappa shape index (κ3) is 3.86. The van der Waals surface area contributed by atoms with Crippen molar-refractivity contribution in [1.82, 2.24) is 10.2 Å². The van der Waals surface area contributed by atoms with E-state index in [2.05, 4.69) is 56.2 Å². The molecular weight excluding hydrogens is 410 g/mol. The number of nitrogens with one attached hydrogen (secondary N) is 1. The van der Waals surface area contributed by atoms with Gasteiger partial charge in [0.25, 0.3) is 5.91 Å². The molecule has 1 saturated heterocycles. The Morgan fingerprint density at radius 2 is 1.77 bits per heavy atom. The van der Waals surface area contributed by atoms with Crippen molar-refractivity contribution in [3.05, 3.63) is 75.4 Å². The normalized spacial score (nSPS) is 18.9. The van der Waals surface area contributed by atoms with Gasteiger partial charge in [0.05, 0.1) is 12.1 Å². The molecule has 31 heavy (non-hydrogen) atoms. The molecule has 0 bridgehead atoms. The number of fused-ring (bicyclic) bond motifs is 1. The van der Waals surface area contributed by atoms with E-state index in [9.17, 15) is 9.59 Å². The topological polar surface area (TPSA) is 52.7 Å². The van der Waals surface area contributed by atoms with Crippen molar-refractivity contribution in [3.8, 4) is 0 Å². The van der Waals surface area contributed by atoms with Crippen LogP contribution >= 0.6 is 11.6 Å². The van der Waals surface area contributed by atoms with Crippen LogP contribution < -0.4 is 10.2 Å². The Morgan fingerprint density at radius 1 is 1.10 bits per heavy atom. The summed E-state index contributed by atoms with van der Waals surface area (Å²) in [4.78, 5) is 28.8. The van der Waals surface area contributed by atoms with Gasteiger partial charge in [0, 0.05) is 23.3 Å². The number of carbonyl (C=O) groups excluding carboxylic acids is 2. The van der Waals surface area contributed by atoms with Crippen LogP contribution in [-0.4, -0.2) is 29.4 Å². The minimum absolute atomic E-state index is 0.0684. The first-order valence-corrected chi connectivity index (χ1v) is 10.6. The summed E-state index contributed by atoms with van der Waals surface area (Å²) in [6, 6.07) is 10.9. The molecule has 2 heterocycles. The third-order valence-corrected chi connectivity index (χ3v) is 6.37. The molecule has 2 aromatic carbocycles. The predicted octanol–water partition coefficient (Wildman–Crippen LogP) is 5.37. The average molecular weight is 436 g/mol.